The van der Waals surface area contributed by atoms with Gasteiger partial charge in [-0.15, -0.1) is 0 Å². The van der Waals surface area contributed by atoms with E-state index in [4.69, 9.17) is 0 Å². The van der Waals surface area contributed by atoms with Crippen LogP contribution >= 0.6 is 15.9 Å². The van der Waals surface area contributed by atoms with Crippen LogP contribution < -0.4 is 5.32 Å². The van der Waals surface area contributed by atoms with E-state index in [2.05, 4.69) is 21.2 Å². The number of amides is 1. The molecule has 2 heterocycles. The minimum atomic E-state index is -0.377. The quantitative estimate of drug-likeness (QED) is 0.860. The lowest BCUT2D eigenvalue weighted by atomic mass is 10.1. The number of rotatable bonds is 1. The summed E-state index contributed by atoms with van der Waals surface area (Å²) in [6, 6.07) is 4.94. The summed E-state index contributed by atoms with van der Waals surface area (Å²) < 4.78 is 14.0. The molecular weight excluding hydrogens is 311 g/mol. The largest absolute Gasteiger partial charge is 0.331 e. The molecule has 2 atom stereocenters. The van der Waals surface area contributed by atoms with Gasteiger partial charge in [-0.05, 0) is 44.0 Å². The summed E-state index contributed by atoms with van der Waals surface area (Å²) in [5, 5.41) is 3.36. The monoisotopic (exact) mass is 326 g/mol. The van der Waals surface area contributed by atoms with E-state index in [1.165, 1.54) is 12.1 Å². The van der Waals surface area contributed by atoms with E-state index in [9.17, 15) is 9.18 Å². The molecule has 2 unspecified atom stereocenters. The van der Waals surface area contributed by atoms with Crippen LogP contribution in [-0.2, 0) is 0 Å². The Balaban J connectivity index is 1.90. The minimum absolute atomic E-state index is 0.0450. The number of benzene rings is 1. The highest BCUT2D eigenvalue weighted by Gasteiger charge is 2.38. The number of fused-ring (bicyclic) bond motifs is 2. The van der Waals surface area contributed by atoms with Crippen LogP contribution in [0, 0.1) is 5.82 Å². The Morgan fingerprint density at radius 2 is 2.05 bits per heavy atom. The minimum Gasteiger partial charge on any atom is -0.331 e. The molecule has 2 bridgehead atoms. The molecule has 2 fully saturated rings. The Kier molecular flexibility index (Phi) is 3.58. The van der Waals surface area contributed by atoms with Gasteiger partial charge in [-0.25, -0.2) is 4.39 Å². The number of nitrogens with one attached hydrogen (secondary N) is 1. The second-order valence-corrected chi connectivity index (χ2v) is 6.16. The van der Waals surface area contributed by atoms with Crippen LogP contribution in [0.2, 0.25) is 0 Å². The molecule has 3 rings (SSSR count). The van der Waals surface area contributed by atoms with Gasteiger partial charge in [-0.2, -0.15) is 0 Å². The molecule has 5 heteroatoms. The van der Waals surface area contributed by atoms with Crippen LogP contribution in [0.3, 0.4) is 0 Å². The first kappa shape index (κ1) is 13.1. The molecule has 102 valence electrons. The maximum absolute atomic E-state index is 13.4. The van der Waals surface area contributed by atoms with Gasteiger partial charge in [-0.3, -0.25) is 4.79 Å². The van der Waals surface area contributed by atoms with E-state index in [0.717, 1.165) is 32.4 Å². The van der Waals surface area contributed by atoms with E-state index in [1.54, 1.807) is 6.07 Å². The van der Waals surface area contributed by atoms with Crippen molar-refractivity contribution in [1.29, 1.82) is 0 Å². The smallest absolute Gasteiger partial charge is 0.254 e. The topological polar surface area (TPSA) is 32.3 Å². The molecule has 0 radical (unpaired) electrons. The lowest BCUT2D eigenvalue weighted by molar-refractivity contribution is 0.0679. The van der Waals surface area contributed by atoms with Gasteiger partial charge >= 0.3 is 0 Å². The normalized spacial score (nSPS) is 26.3. The first-order chi connectivity index (χ1) is 9.15. The van der Waals surface area contributed by atoms with Crippen molar-refractivity contribution >= 4 is 21.8 Å². The standard InChI is InChI=1S/C14H16BrFN2O/c15-10-5-9(6-11(16)7-10)14(19)18-12-1-2-13(18)8-17-4-3-12/h5-7,12-13,17H,1-4,8H2. The maximum Gasteiger partial charge on any atom is 0.254 e. The fourth-order valence-electron chi connectivity index (χ4n) is 3.14. The van der Waals surface area contributed by atoms with Crippen molar-refractivity contribution in [3.8, 4) is 0 Å². The summed E-state index contributed by atoms with van der Waals surface area (Å²) in [5.74, 6) is -0.422. The molecule has 2 saturated heterocycles. The van der Waals surface area contributed by atoms with Crippen molar-refractivity contribution in [3.63, 3.8) is 0 Å². The third-order valence-electron chi connectivity index (χ3n) is 4.00. The van der Waals surface area contributed by atoms with E-state index >= 15 is 0 Å². The number of nitrogens with zero attached hydrogens (tertiary/aromatic N) is 1. The third kappa shape index (κ3) is 2.54. The molecule has 0 spiro atoms. The van der Waals surface area contributed by atoms with Gasteiger partial charge in [0.05, 0.1) is 0 Å². The van der Waals surface area contributed by atoms with Crippen LogP contribution in [0.4, 0.5) is 4.39 Å². The van der Waals surface area contributed by atoms with Gasteiger partial charge in [-0.1, -0.05) is 15.9 Å². The summed E-state index contributed by atoms with van der Waals surface area (Å²) in [7, 11) is 0. The number of hydrogen-bond acceptors (Lipinski definition) is 2. The van der Waals surface area contributed by atoms with Gasteiger partial charge in [0.2, 0.25) is 0 Å². The number of carbonyl (C=O) groups is 1. The zero-order valence-corrected chi connectivity index (χ0v) is 12.1. The Labute approximate surface area is 120 Å². The Bertz CT molecular complexity index is 474. The van der Waals surface area contributed by atoms with E-state index in [-0.39, 0.29) is 17.8 Å². The first-order valence-corrected chi connectivity index (χ1v) is 7.44. The molecule has 1 N–H and O–H groups in total. The Morgan fingerprint density at radius 1 is 1.26 bits per heavy atom. The lowest BCUT2D eigenvalue weighted by Crippen LogP contribution is -2.42. The highest BCUT2D eigenvalue weighted by Crippen LogP contribution is 2.30. The van der Waals surface area contributed by atoms with E-state index in [0.29, 0.717) is 16.1 Å². The summed E-state index contributed by atoms with van der Waals surface area (Å²) >= 11 is 3.24. The molecule has 2 aliphatic rings. The van der Waals surface area contributed by atoms with Crippen LogP contribution in [0.5, 0.6) is 0 Å². The van der Waals surface area contributed by atoms with Crippen LogP contribution in [-0.4, -0.2) is 36.0 Å². The van der Waals surface area contributed by atoms with Crippen molar-refractivity contribution in [1.82, 2.24) is 10.2 Å². The Morgan fingerprint density at radius 3 is 2.84 bits per heavy atom. The molecule has 1 amide bonds. The fraction of sp³-hybridized carbons (Fsp3) is 0.500. The molecule has 1 aromatic rings. The van der Waals surface area contributed by atoms with Crippen LogP contribution in [0.25, 0.3) is 0 Å². The zero-order valence-electron chi connectivity index (χ0n) is 10.5. The summed E-state index contributed by atoms with van der Waals surface area (Å²) in [4.78, 5) is 14.6. The van der Waals surface area contributed by atoms with Crippen LogP contribution in [0.1, 0.15) is 29.6 Å². The number of halogens is 2. The summed E-state index contributed by atoms with van der Waals surface area (Å²) in [6.07, 6.45) is 3.09. The summed E-state index contributed by atoms with van der Waals surface area (Å²) in [6.45, 7) is 1.80. The van der Waals surface area contributed by atoms with Crippen molar-refractivity contribution < 1.29 is 9.18 Å². The molecule has 3 nitrogen and oxygen atoms in total. The van der Waals surface area contributed by atoms with Crippen molar-refractivity contribution in [2.45, 2.75) is 31.3 Å². The SMILES string of the molecule is O=C(c1cc(F)cc(Br)c1)N1C2CCNCC1CC2. The second-order valence-electron chi connectivity index (χ2n) is 5.25. The second kappa shape index (κ2) is 5.21. The molecular formula is C14H16BrFN2O. The highest BCUT2D eigenvalue weighted by atomic mass is 79.9. The summed E-state index contributed by atoms with van der Waals surface area (Å²) in [5.41, 5.74) is 0.436. The molecule has 1 aromatic carbocycles. The first-order valence-electron chi connectivity index (χ1n) is 6.64. The van der Waals surface area contributed by atoms with Gasteiger partial charge in [0.15, 0.2) is 0 Å². The molecule has 0 saturated carbocycles. The van der Waals surface area contributed by atoms with Gasteiger partial charge in [0.25, 0.3) is 5.91 Å². The van der Waals surface area contributed by atoms with Crippen molar-refractivity contribution in [2.24, 2.45) is 0 Å². The zero-order chi connectivity index (χ0) is 13.4. The molecule has 0 aromatic heterocycles. The average molecular weight is 327 g/mol. The van der Waals surface area contributed by atoms with Crippen molar-refractivity contribution in [2.75, 3.05) is 13.1 Å². The highest BCUT2D eigenvalue weighted by molar-refractivity contribution is 9.10. The average Bonchev–Trinajstić information content (AvgIpc) is 2.60. The van der Waals surface area contributed by atoms with Crippen LogP contribution in [0.15, 0.2) is 22.7 Å². The third-order valence-corrected chi connectivity index (χ3v) is 4.46. The Hall–Kier alpha value is -0.940. The number of hydrogen-bond donors (Lipinski definition) is 1. The van der Waals surface area contributed by atoms with Crippen molar-refractivity contribution in [3.05, 3.63) is 34.1 Å². The lowest BCUT2D eigenvalue weighted by Gasteiger charge is -2.28. The molecule has 19 heavy (non-hydrogen) atoms. The predicted molar refractivity (Wildman–Crippen MR) is 74.6 cm³/mol. The van der Waals surface area contributed by atoms with Gasteiger partial charge < -0.3 is 10.2 Å². The maximum atomic E-state index is 13.4. The van der Waals surface area contributed by atoms with Gasteiger partial charge in [0, 0.05) is 28.7 Å². The molecule has 2 aliphatic heterocycles. The van der Waals surface area contributed by atoms with E-state index in [1.807, 2.05) is 4.90 Å². The number of carbonyl (C=O) groups excluding carboxylic acids is 1. The predicted octanol–water partition coefficient (Wildman–Crippen LogP) is 2.55. The molecule has 0 aliphatic carbocycles. The fourth-order valence-corrected chi connectivity index (χ4v) is 3.61. The van der Waals surface area contributed by atoms with E-state index < -0.39 is 0 Å². The van der Waals surface area contributed by atoms with Gasteiger partial charge in [0.1, 0.15) is 5.82 Å².